The Balaban J connectivity index is 1.62. The number of amides is 1. The van der Waals surface area contributed by atoms with E-state index in [2.05, 4.69) is 22.0 Å². The number of likely N-dealkylation sites (tertiary alicyclic amines) is 1. The van der Waals surface area contributed by atoms with Gasteiger partial charge in [0.15, 0.2) is 5.69 Å². The second kappa shape index (κ2) is 5.17. The zero-order chi connectivity index (χ0) is 13.2. The van der Waals surface area contributed by atoms with E-state index in [0.717, 1.165) is 25.9 Å². The van der Waals surface area contributed by atoms with Crippen molar-refractivity contribution in [3.05, 3.63) is 39.9 Å². The van der Waals surface area contributed by atoms with Crippen LogP contribution in [-0.2, 0) is 0 Å². The molecular weight excluding hydrogens is 260 g/mol. The molecule has 1 fully saturated rings. The van der Waals surface area contributed by atoms with E-state index in [0.29, 0.717) is 17.4 Å². The van der Waals surface area contributed by atoms with Gasteiger partial charge in [0.05, 0.1) is 0 Å². The fourth-order valence-corrected chi connectivity index (χ4v) is 3.29. The Morgan fingerprint density at radius 1 is 1.47 bits per heavy atom. The second-order valence-electron chi connectivity index (χ2n) is 4.95. The van der Waals surface area contributed by atoms with Gasteiger partial charge in [0.2, 0.25) is 0 Å². The standard InChI is InChI=1S/C14H16N2O2S/c1-10-8-13(15-18-10)14(17)16-5-2-11(3-6-16)12-4-7-19-9-12/h4,7-9,11H,2-3,5-6H2,1H3. The van der Waals surface area contributed by atoms with Crippen molar-refractivity contribution in [3.8, 4) is 0 Å². The smallest absolute Gasteiger partial charge is 0.276 e. The molecule has 1 saturated heterocycles. The van der Waals surface area contributed by atoms with Gasteiger partial charge in [-0.05, 0) is 48.1 Å². The zero-order valence-corrected chi connectivity index (χ0v) is 11.7. The number of thiophene rings is 1. The van der Waals surface area contributed by atoms with Gasteiger partial charge in [0.25, 0.3) is 5.91 Å². The van der Waals surface area contributed by atoms with Crippen molar-refractivity contribution in [2.24, 2.45) is 0 Å². The van der Waals surface area contributed by atoms with Crippen LogP contribution in [0, 0.1) is 6.92 Å². The molecule has 1 aliphatic heterocycles. The van der Waals surface area contributed by atoms with Gasteiger partial charge in [-0.25, -0.2) is 0 Å². The molecule has 1 aliphatic rings. The van der Waals surface area contributed by atoms with E-state index in [1.165, 1.54) is 5.56 Å². The van der Waals surface area contributed by atoms with E-state index in [1.54, 1.807) is 24.3 Å². The number of hydrogen-bond acceptors (Lipinski definition) is 4. The maximum atomic E-state index is 12.2. The molecule has 0 N–H and O–H groups in total. The van der Waals surface area contributed by atoms with Gasteiger partial charge < -0.3 is 9.42 Å². The third kappa shape index (κ3) is 2.56. The highest BCUT2D eigenvalue weighted by Crippen LogP contribution is 2.29. The summed E-state index contributed by atoms with van der Waals surface area (Å²) < 4.78 is 4.96. The number of carbonyl (C=O) groups excluding carboxylic acids is 1. The first kappa shape index (κ1) is 12.4. The number of nitrogens with zero attached hydrogens (tertiary/aromatic N) is 2. The third-order valence-corrected chi connectivity index (χ3v) is 4.35. The summed E-state index contributed by atoms with van der Waals surface area (Å²) in [6.07, 6.45) is 2.05. The number of rotatable bonds is 2. The minimum Gasteiger partial charge on any atom is -0.361 e. The molecule has 5 heteroatoms. The highest BCUT2D eigenvalue weighted by molar-refractivity contribution is 7.07. The normalized spacial score (nSPS) is 16.8. The van der Waals surface area contributed by atoms with Gasteiger partial charge in [0, 0.05) is 19.2 Å². The zero-order valence-electron chi connectivity index (χ0n) is 10.8. The van der Waals surface area contributed by atoms with Crippen molar-refractivity contribution >= 4 is 17.2 Å². The summed E-state index contributed by atoms with van der Waals surface area (Å²) in [5, 5.41) is 8.12. The van der Waals surface area contributed by atoms with Crippen LogP contribution in [0.2, 0.25) is 0 Å². The topological polar surface area (TPSA) is 46.3 Å². The highest BCUT2D eigenvalue weighted by atomic mass is 32.1. The maximum absolute atomic E-state index is 12.2. The number of carbonyl (C=O) groups is 1. The molecule has 19 heavy (non-hydrogen) atoms. The van der Waals surface area contributed by atoms with Crippen LogP contribution in [0.5, 0.6) is 0 Å². The van der Waals surface area contributed by atoms with Gasteiger partial charge in [-0.2, -0.15) is 11.3 Å². The van der Waals surface area contributed by atoms with E-state index in [-0.39, 0.29) is 5.91 Å². The number of hydrogen-bond donors (Lipinski definition) is 0. The molecule has 0 radical (unpaired) electrons. The molecule has 3 heterocycles. The number of piperidine rings is 1. The minimum atomic E-state index is -0.0133. The molecule has 3 rings (SSSR count). The molecule has 2 aromatic rings. The van der Waals surface area contributed by atoms with Crippen LogP contribution in [0.1, 0.15) is 40.6 Å². The SMILES string of the molecule is Cc1cc(C(=O)N2CCC(c3ccsc3)CC2)no1. The highest BCUT2D eigenvalue weighted by Gasteiger charge is 2.26. The summed E-state index contributed by atoms with van der Waals surface area (Å²) in [5.41, 5.74) is 1.83. The average molecular weight is 276 g/mol. The van der Waals surface area contributed by atoms with Gasteiger partial charge in [-0.1, -0.05) is 5.16 Å². The van der Waals surface area contributed by atoms with Crippen LogP contribution in [0.15, 0.2) is 27.4 Å². The Kier molecular flexibility index (Phi) is 3.38. The lowest BCUT2D eigenvalue weighted by Crippen LogP contribution is -2.38. The molecular formula is C14H16N2O2S. The molecule has 0 aromatic carbocycles. The van der Waals surface area contributed by atoms with Crippen LogP contribution in [0.3, 0.4) is 0 Å². The van der Waals surface area contributed by atoms with Gasteiger partial charge in [-0.15, -0.1) is 0 Å². The van der Waals surface area contributed by atoms with Crippen molar-refractivity contribution in [3.63, 3.8) is 0 Å². The largest absolute Gasteiger partial charge is 0.361 e. The fraction of sp³-hybridized carbons (Fsp3) is 0.429. The molecule has 2 aromatic heterocycles. The molecule has 1 amide bonds. The predicted octanol–water partition coefficient (Wildman–Crippen LogP) is 3.06. The van der Waals surface area contributed by atoms with Crippen LogP contribution in [-0.4, -0.2) is 29.1 Å². The predicted molar refractivity (Wildman–Crippen MR) is 73.4 cm³/mol. The van der Waals surface area contributed by atoms with Crippen molar-refractivity contribution in [1.29, 1.82) is 0 Å². The molecule has 0 spiro atoms. The van der Waals surface area contributed by atoms with E-state index in [4.69, 9.17) is 4.52 Å². The molecule has 0 atom stereocenters. The Hall–Kier alpha value is -1.62. The lowest BCUT2D eigenvalue weighted by molar-refractivity contribution is 0.0702. The fourth-order valence-electron chi connectivity index (χ4n) is 2.55. The molecule has 0 saturated carbocycles. The molecule has 0 bridgehead atoms. The van der Waals surface area contributed by atoms with E-state index < -0.39 is 0 Å². The Morgan fingerprint density at radius 3 is 2.84 bits per heavy atom. The number of aromatic nitrogens is 1. The van der Waals surface area contributed by atoms with Crippen LogP contribution in [0.25, 0.3) is 0 Å². The molecule has 0 aliphatic carbocycles. The summed E-state index contributed by atoms with van der Waals surface area (Å²) >= 11 is 1.74. The van der Waals surface area contributed by atoms with Gasteiger partial charge in [-0.3, -0.25) is 4.79 Å². The molecule has 100 valence electrons. The lowest BCUT2D eigenvalue weighted by Gasteiger charge is -2.31. The maximum Gasteiger partial charge on any atom is 0.276 e. The van der Waals surface area contributed by atoms with Crippen molar-refractivity contribution in [2.45, 2.75) is 25.7 Å². The summed E-state index contributed by atoms with van der Waals surface area (Å²) in [4.78, 5) is 14.1. The Morgan fingerprint density at radius 2 is 2.26 bits per heavy atom. The Bertz CT molecular complexity index is 554. The first-order valence-corrected chi connectivity index (χ1v) is 7.43. The first-order chi connectivity index (χ1) is 9.24. The second-order valence-corrected chi connectivity index (χ2v) is 5.73. The van der Waals surface area contributed by atoms with Crippen molar-refractivity contribution in [2.75, 3.05) is 13.1 Å². The van der Waals surface area contributed by atoms with Gasteiger partial charge in [0.1, 0.15) is 5.76 Å². The monoisotopic (exact) mass is 276 g/mol. The molecule has 4 nitrogen and oxygen atoms in total. The van der Waals surface area contributed by atoms with Crippen LogP contribution in [0.4, 0.5) is 0 Å². The summed E-state index contributed by atoms with van der Waals surface area (Å²) in [6.45, 7) is 3.39. The third-order valence-electron chi connectivity index (χ3n) is 3.64. The average Bonchev–Trinajstić information content (AvgIpc) is 3.09. The quantitative estimate of drug-likeness (QED) is 0.847. The lowest BCUT2D eigenvalue weighted by atomic mass is 9.91. The van der Waals surface area contributed by atoms with E-state index in [1.807, 2.05) is 4.90 Å². The number of aryl methyl sites for hydroxylation is 1. The van der Waals surface area contributed by atoms with Crippen LogP contribution >= 0.6 is 11.3 Å². The van der Waals surface area contributed by atoms with Gasteiger partial charge >= 0.3 is 0 Å². The summed E-state index contributed by atoms with van der Waals surface area (Å²) in [7, 11) is 0. The van der Waals surface area contributed by atoms with E-state index in [9.17, 15) is 4.79 Å². The Labute approximate surface area is 116 Å². The first-order valence-electron chi connectivity index (χ1n) is 6.49. The van der Waals surface area contributed by atoms with E-state index >= 15 is 0 Å². The van der Waals surface area contributed by atoms with Crippen molar-refractivity contribution in [1.82, 2.24) is 10.1 Å². The summed E-state index contributed by atoms with van der Waals surface area (Å²) in [6, 6.07) is 3.89. The summed E-state index contributed by atoms with van der Waals surface area (Å²) in [5.74, 6) is 1.26. The van der Waals surface area contributed by atoms with Crippen molar-refractivity contribution < 1.29 is 9.32 Å². The van der Waals surface area contributed by atoms with Crippen LogP contribution < -0.4 is 0 Å². The minimum absolute atomic E-state index is 0.0133. The molecule has 0 unspecified atom stereocenters.